The molecule has 128 valence electrons. The number of nitrogens with one attached hydrogen (secondary N) is 1. The Morgan fingerprint density at radius 3 is 1.91 bits per heavy atom. The monoisotopic (exact) mass is 350 g/mol. The molecule has 22 heavy (non-hydrogen) atoms. The highest BCUT2D eigenvalue weighted by atomic mass is 32.2. The fourth-order valence-electron chi connectivity index (χ4n) is 1.29. The second-order valence-electron chi connectivity index (χ2n) is 6.66. The van der Waals surface area contributed by atoms with Crippen LogP contribution in [0.15, 0.2) is 0 Å². The first kappa shape index (κ1) is 21.0. The van der Waals surface area contributed by atoms with Crippen LogP contribution < -0.4 is 5.43 Å². The molecule has 0 saturated heterocycles. The summed E-state index contributed by atoms with van der Waals surface area (Å²) in [6.45, 7) is 12.2. The van der Waals surface area contributed by atoms with Crippen LogP contribution in [0.25, 0.3) is 0 Å². The van der Waals surface area contributed by atoms with Gasteiger partial charge < -0.3 is 9.47 Å². The quantitative estimate of drug-likeness (QED) is 0.604. The lowest BCUT2D eigenvalue weighted by Gasteiger charge is -2.32. The van der Waals surface area contributed by atoms with E-state index in [1.54, 1.807) is 54.7 Å². The maximum Gasteiger partial charge on any atom is 0.429 e. The van der Waals surface area contributed by atoms with Crippen LogP contribution in [0.5, 0.6) is 0 Å². The fraction of sp³-hybridized carbons (Fsp3) is 0.786. The SMILES string of the molecule is CSC(=S)C(C)N(NC(=O)OC(C)(C)C)C(=O)OC(C)(C)C. The maximum absolute atomic E-state index is 12.3. The summed E-state index contributed by atoms with van der Waals surface area (Å²) in [7, 11) is 0. The minimum atomic E-state index is -0.742. The van der Waals surface area contributed by atoms with Gasteiger partial charge >= 0.3 is 12.2 Å². The molecule has 0 aromatic heterocycles. The maximum atomic E-state index is 12.3. The Morgan fingerprint density at radius 1 is 1.09 bits per heavy atom. The molecule has 0 aliphatic heterocycles. The summed E-state index contributed by atoms with van der Waals surface area (Å²) in [6.07, 6.45) is 0.371. The molecule has 2 amide bonds. The molecule has 0 fully saturated rings. The Hall–Kier alpha value is -1.02. The molecule has 1 N–H and O–H groups in total. The van der Waals surface area contributed by atoms with Gasteiger partial charge in [0.1, 0.15) is 11.2 Å². The summed E-state index contributed by atoms with van der Waals surface area (Å²) in [5, 5.41) is 1.05. The van der Waals surface area contributed by atoms with E-state index in [1.165, 1.54) is 11.8 Å². The predicted octanol–water partition coefficient (Wildman–Crippen LogP) is 3.74. The number of carbonyl (C=O) groups excluding carboxylic acids is 2. The number of nitrogens with zero attached hydrogens (tertiary/aromatic N) is 1. The molecule has 0 rings (SSSR count). The van der Waals surface area contributed by atoms with Gasteiger partial charge in [0.25, 0.3) is 0 Å². The van der Waals surface area contributed by atoms with Gasteiger partial charge in [0.2, 0.25) is 0 Å². The van der Waals surface area contributed by atoms with Crippen LogP contribution in [0.2, 0.25) is 0 Å². The lowest BCUT2D eigenvalue weighted by Crippen LogP contribution is -2.55. The van der Waals surface area contributed by atoms with Gasteiger partial charge in [0, 0.05) is 0 Å². The number of hydrazine groups is 1. The van der Waals surface area contributed by atoms with Gasteiger partial charge in [-0.15, -0.1) is 11.8 Å². The highest BCUT2D eigenvalue weighted by Crippen LogP contribution is 2.15. The van der Waals surface area contributed by atoms with Crippen LogP contribution in [0.3, 0.4) is 0 Å². The summed E-state index contributed by atoms with van der Waals surface area (Å²) in [5.41, 5.74) is 1.05. The lowest BCUT2D eigenvalue weighted by molar-refractivity contribution is -0.00143. The zero-order valence-electron chi connectivity index (χ0n) is 14.5. The molecule has 0 radical (unpaired) electrons. The first-order valence-corrected chi connectivity index (χ1v) is 8.50. The van der Waals surface area contributed by atoms with Gasteiger partial charge in [-0.05, 0) is 54.7 Å². The van der Waals surface area contributed by atoms with Crippen LogP contribution in [0.1, 0.15) is 48.5 Å². The normalized spacial score (nSPS) is 13.1. The first-order chi connectivity index (χ1) is 9.76. The van der Waals surface area contributed by atoms with E-state index in [9.17, 15) is 9.59 Å². The topological polar surface area (TPSA) is 67.9 Å². The Labute approximate surface area is 142 Å². The van der Waals surface area contributed by atoms with E-state index in [0.717, 1.165) is 5.01 Å². The highest BCUT2D eigenvalue weighted by molar-refractivity contribution is 8.22. The number of ether oxygens (including phenoxy) is 2. The number of thiocarbonyl (C=S) groups is 1. The van der Waals surface area contributed by atoms with Crippen LogP contribution in [0.4, 0.5) is 9.59 Å². The van der Waals surface area contributed by atoms with Gasteiger partial charge in [-0.1, -0.05) is 12.2 Å². The zero-order valence-corrected chi connectivity index (χ0v) is 16.1. The number of rotatable bonds is 2. The minimum Gasteiger partial charge on any atom is -0.443 e. The fourth-order valence-corrected chi connectivity index (χ4v) is 1.84. The van der Waals surface area contributed by atoms with Gasteiger partial charge in [-0.25, -0.2) is 20.0 Å². The molecule has 8 heteroatoms. The summed E-state index contributed by atoms with van der Waals surface area (Å²) < 4.78 is 11.0. The number of hydrogen-bond donors (Lipinski definition) is 1. The molecule has 0 aliphatic carbocycles. The van der Waals surface area contributed by atoms with Crippen molar-refractivity contribution in [1.29, 1.82) is 0 Å². The van der Waals surface area contributed by atoms with Crippen LogP contribution in [0, 0.1) is 0 Å². The van der Waals surface area contributed by atoms with Crippen LogP contribution >= 0.6 is 24.0 Å². The Morgan fingerprint density at radius 2 is 1.55 bits per heavy atom. The highest BCUT2D eigenvalue weighted by Gasteiger charge is 2.31. The van der Waals surface area contributed by atoms with E-state index in [1.807, 2.05) is 0 Å². The molecule has 0 aromatic carbocycles. The summed E-state index contributed by atoms with van der Waals surface area (Å²) in [6, 6.07) is -0.521. The van der Waals surface area contributed by atoms with Gasteiger partial charge in [-0.2, -0.15) is 0 Å². The van der Waals surface area contributed by atoms with E-state index in [-0.39, 0.29) is 0 Å². The van der Waals surface area contributed by atoms with Crippen LogP contribution in [-0.4, -0.2) is 44.9 Å². The third-order valence-electron chi connectivity index (χ3n) is 2.13. The van der Waals surface area contributed by atoms with E-state index < -0.39 is 29.4 Å². The summed E-state index contributed by atoms with van der Waals surface area (Å²) in [4.78, 5) is 24.2. The van der Waals surface area contributed by atoms with Crippen molar-refractivity contribution in [2.75, 3.05) is 6.26 Å². The van der Waals surface area contributed by atoms with Crippen molar-refractivity contribution < 1.29 is 19.1 Å². The van der Waals surface area contributed by atoms with Crippen molar-refractivity contribution in [3.05, 3.63) is 0 Å². The molecule has 0 heterocycles. The molecular formula is C14H26N2O4S2. The molecule has 0 aromatic rings. The second kappa shape index (κ2) is 8.01. The Kier molecular flexibility index (Phi) is 7.64. The summed E-state index contributed by atoms with van der Waals surface area (Å²) in [5.74, 6) is 0. The number of thioether (sulfide) groups is 1. The number of carbonyl (C=O) groups is 2. The standard InChI is InChI=1S/C14H26N2O4S2/c1-9(10(21)22-8)16(12(18)20-14(5,6)7)15-11(17)19-13(2,3)4/h9H,1-8H3,(H,15,17). The molecule has 1 atom stereocenters. The predicted molar refractivity (Wildman–Crippen MR) is 93.0 cm³/mol. The minimum absolute atomic E-state index is 0.521. The number of amides is 2. The average molecular weight is 351 g/mol. The Bertz CT molecular complexity index is 428. The van der Waals surface area contributed by atoms with Crippen molar-refractivity contribution in [2.24, 2.45) is 0 Å². The van der Waals surface area contributed by atoms with E-state index in [0.29, 0.717) is 4.20 Å². The van der Waals surface area contributed by atoms with Crippen molar-refractivity contribution in [3.8, 4) is 0 Å². The number of hydrogen-bond acceptors (Lipinski definition) is 6. The van der Waals surface area contributed by atoms with E-state index >= 15 is 0 Å². The average Bonchev–Trinajstić information content (AvgIpc) is 2.29. The van der Waals surface area contributed by atoms with E-state index in [4.69, 9.17) is 21.7 Å². The van der Waals surface area contributed by atoms with E-state index in [2.05, 4.69) is 5.43 Å². The smallest absolute Gasteiger partial charge is 0.429 e. The van der Waals surface area contributed by atoms with Crippen molar-refractivity contribution in [2.45, 2.75) is 65.7 Å². The first-order valence-electron chi connectivity index (χ1n) is 6.86. The molecule has 0 aliphatic rings. The second-order valence-corrected chi connectivity index (χ2v) is 8.21. The molecular weight excluding hydrogens is 324 g/mol. The largest absolute Gasteiger partial charge is 0.443 e. The lowest BCUT2D eigenvalue weighted by atomic mass is 10.2. The molecule has 0 spiro atoms. The molecule has 0 saturated carbocycles. The van der Waals surface area contributed by atoms with Crippen molar-refractivity contribution in [3.63, 3.8) is 0 Å². The van der Waals surface area contributed by atoms with Gasteiger partial charge in [0.05, 0.1) is 10.2 Å². The molecule has 0 bridgehead atoms. The Balaban J connectivity index is 5.14. The van der Waals surface area contributed by atoms with Crippen molar-refractivity contribution in [1.82, 2.24) is 10.4 Å². The van der Waals surface area contributed by atoms with Gasteiger partial charge in [-0.3, -0.25) is 0 Å². The summed E-state index contributed by atoms with van der Waals surface area (Å²) >= 11 is 6.53. The molecule has 6 nitrogen and oxygen atoms in total. The molecule has 1 unspecified atom stereocenters. The van der Waals surface area contributed by atoms with Crippen molar-refractivity contribution >= 4 is 40.4 Å². The van der Waals surface area contributed by atoms with Crippen LogP contribution in [-0.2, 0) is 9.47 Å². The third-order valence-corrected chi connectivity index (χ3v) is 3.72. The third kappa shape index (κ3) is 8.43. The zero-order chi connectivity index (χ0) is 17.7. The van der Waals surface area contributed by atoms with Gasteiger partial charge in [0.15, 0.2) is 0 Å².